The Labute approximate surface area is 189 Å². The van der Waals surface area contributed by atoms with E-state index < -0.39 is 15.4 Å². The number of nitrogens with two attached hydrogens (primary N) is 1. The Bertz CT molecular complexity index is 1070. The average Bonchev–Trinajstić information content (AvgIpc) is 2.72. The van der Waals surface area contributed by atoms with Crippen molar-refractivity contribution in [3.8, 4) is 0 Å². The van der Waals surface area contributed by atoms with Crippen LogP contribution in [0.4, 0.5) is 16.6 Å². The predicted molar refractivity (Wildman–Crippen MR) is 122 cm³/mol. The number of carbonyl (C=O) groups excluding carboxylic acids is 1. The Morgan fingerprint density at radius 3 is 2.19 bits per heavy atom. The summed E-state index contributed by atoms with van der Waals surface area (Å²) in [6.07, 6.45) is 0.895. The molecule has 9 nitrogen and oxygen atoms in total. The topological polar surface area (TPSA) is 119 Å². The molecule has 1 saturated heterocycles. The fourth-order valence-electron chi connectivity index (χ4n) is 3.31. The largest absolute Gasteiger partial charge is 0.444 e. The van der Waals surface area contributed by atoms with E-state index in [1.165, 1.54) is 6.20 Å². The lowest BCUT2D eigenvalue weighted by atomic mass is 10.0. The van der Waals surface area contributed by atoms with Gasteiger partial charge in [-0.25, -0.2) is 18.2 Å². The van der Waals surface area contributed by atoms with E-state index in [9.17, 15) is 13.2 Å². The fraction of sp³-hybridized carbons (Fsp3) is 0.500. The number of anilines is 2. The third-order valence-corrected chi connectivity index (χ3v) is 6.92. The van der Waals surface area contributed by atoms with Gasteiger partial charge in [-0.1, -0.05) is 26.0 Å². The molecule has 1 aromatic carbocycles. The summed E-state index contributed by atoms with van der Waals surface area (Å²) in [6, 6.07) is 6.75. The number of ether oxygens (including phenoxy) is 1. The summed E-state index contributed by atoms with van der Waals surface area (Å²) in [7, 11) is -3.83. The first-order valence-electron chi connectivity index (χ1n) is 10.6. The highest BCUT2D eigenvalue weighted by Crippen LogP contribution is 2.27. The van der Waals surface area contributed by atoms with Crippen molar-refractivity contribution in [2.45, 2.75) is 55.9 Å². The Hall–Kier alpha value is -2.88. The normalized spacial score (nSPS) is 15.2. The maximum absolute atomic E-state index is 13.0. The molecule has 10 heteroatoms. The van der Waals surface area contributed by atoms with Crippen molar-refractivity contribution in [3.63, 3.8) is 0 Å². The minimum absolute atomic E-state index is 0.0995. The number of piperazine rings is 1. The molecule has 3 rings (SSSR count). The van der Waals surface area contributed by atoms with E-state index in [4.69, 9.17) is 10.5 Å². The lowest BCUT2D eigenvalue weighted by molar-refractivity contribution is 0.0240. The van der Waals surface area contributed by atoms with Gasteiger partial charge in [-0.3, -0.25) is 0 Å². The molecule has 0 aliphatic carbocycles. The molecule has 0 bridgehead atoms. The monoisotopic (exact) mass is 461 g/mol. The van der Waals surface area contributed by atoms with Crippen LogP contribution in [0.5, 0.6) is 0 Å². The van der Waals surface area contributed by atoms with Crippen molar-refractivity contribution in [3.05, 3.63) is 36.0 Å². The molecule has 174 valence electrons. The number of nitrogen functional groups attached to an aromatic ring is 1. The quantitative estimate of drug-likeness (QED) is 0.738. The molecule has 0 atom stereocenters. The zero-order valence-corrected chi connectivity index (χ0v) is 20.0. The van der Waals surface area contributed by atoms with Crippen LogP contribution in [0.15, 0.2) is 40.3 Å². The van der Waals surface area contributed by atoms with Crippen molar-refractivity contribution in [1.29, 1.82) is 0 Å². The van der Waals surface area contributed by atoms with Crippen molar-refractivity contribution >= 4 is 27.7 Å². The van der Waals surface area contributed by atoms with Crippen molar-refractivity contribution in [2.24, 2.45) is 0 Å². The predicted octanol–water partition coefficient (Wildman–Crippen LogP) is 3.07. The van der Waals surface area contributed by atoms with Crippen LogP contribution in [0.2, 0.25) is 0 Å². The van der Waals surface area contributed by atoms with Gasteiger partial charge in [0.1, 0.15) is 16.3 Å². The maximum atomic E-state index is 13.0. The molecule has 1 aromatic heterocycles. The highest BCUT2D eigenvalue weighted by molar-refractivity contribution is 7.91. The van der Waals surface area contributed by atoms with Gasteiger partial charge in [-0.2, -0.15) is 4.98 Å². The summed E-state index contributed by atoms with van der Waals surface area (Å²) >= 11 is 0. The lowest BCUT2D eigenvalue weighted by Gasteiger charge is -2.35. The second-order valence-corrected chi connectivity index (χ2v) is 11.0. The molecule has 2 aromatic rings. The summed E-state index contributed by atoms with van der Waals surface area (Å²) in [4.78, 5) is 24.2. The number of aromatic nitrogens is 2. The zero-order valence-electron chi connectivity index (χ0n) is 19.2. The number of nitrogens with zero attached hydrogens (tertiary/aromatic N) is 4. The number of hydrogen-bond acceptors (Lipinski definition) is 8. The van der Waals surface area contributed by atoms with Gasteiger partial charge in [0.25, 0.3) is 0 Å². The van der Waals surface area contributed by atoms with Crippen LogP contribution in [-0.4, -0.2) is 61.2 Å². The zero-order chi connectivity index (χ0) is 23.7. The Kier molecular flexibility index (Phi) is 6.64. The van der Waals surface area contributed by atoms with Crippen molar-refractivity contribution in [2.75, 3.05) is 36.8 Å². The molecular formula is C22H31N5O4S. The Morgan fingerprint density at radius 1 is 1.09 bits per heavy atom. The van der Waals surface area contributed by atoms with Gasteiger partial charge in [0.15, 0.2) is 0 Å². The van der Waals surface area contributed by atoms with E-state index in [1.54, 1.807) is 29.2 Å². The van der Waals surface area contributed by atoms with Crippen LogP contribution in [0.1, 0.15) is 46.1 Å². The molecule has 1 aliphatic rings. The highest BCUT2D eigenvalue weighted by Gasteiger charge is 2.28. The van der Waals surface area contributed by atoms with E-state index in [2.05, 4.69) is 9.97 Å². The average molecular weight is 462 g/mol. The number of carbonyl (C=O) groups is 1. The Morgan fingerprint density at radius 2 is 1.69 bits per heavy atom. The number of hydrogen-bond donors (Lipinski definition) is 1. The van der Waals surface area contributed by atoms with E-state index in [-0.39, 0.29) is 21.7 Å². The van der Waals surface area contributed by atoms with Crippen LogP contribution >= 0.6 is 0 Å². The van der Waals surface area contributed by atoms with Gasteiger partial charge in [-0.05, 0) is 44.4 Å². The SMILES string of the molecule is CC(C)c1ccc(S(=O)(=O)c2cnc(N3CCN(C(=O)OC(C)(C)C)CC3)nc2N)cc1. The van der Waals surface area contributed by atoms with E-state index in [0.29, 0.717) is 38.0 Å². The van der Waals surface area contributed by atoms with Crippen molar-refractivity contribution < 1.29 is 17.9 Å². The standard InChI is InChI=1S/C22H31N5O4S/c1-15(2)16-6-8-17(9-7-16)32(29,30)18-14-24-20(25-19(18)23)26-10-12-27(13-11-26)21(28)31-22(3,4)5/h6-9,14-15H,10-13H2,1-5H3,(H2,23,24,25). The van der Waals surface area contributed by atoms with E-state index in [0.717, 1.165) is 5.56 Å². The van der Waals surface area contributed by atoms with Gasteiger partial charge in [0, 0.05) is 26.2 Å². The van der Waals surface area contributed by atoms with Crippen molar-refractivity contribution in [1.82, 2.24) is 14.9 Å². The molecule has 2 heterocycles. The van der Waals surface area contributed by atoms with Crippen LogP contribution < -0.4 is 10.6 Å². The lowest BCUT2D eigenvalue weighted by Crippen LogP contribution is -2.50. The number of amides is 1. The van der Waals surface area contributed by atoms with Gasteiger partial charge in [-0.15, -0.1) is 0 Å². The van der Waals surface area contributed by atoms with E-state index in [1.807, 2.05) is 39.5 Å². The molecule has 0 radical (unpaired) electrons. The number of benzene rings is 1. The third-order valence-electron chi connectivity index (χ3n) is 5.13. The molecule has 2 N–H and O–H groups in total. The van der Waals surface area contributed by atoms with Crippen LogP contribution in [0, 0.1) is 0 Å². The highest BCUT2D eigenvalue weighted by atomic mass is 32.2. The minimum Gasteiger partial charge on any atom is -0.444 e. The van der Waals surface area contributed by atoms with Gasteiger partial charge >= 0.3 is 6.09 Å². The maximum Gasteiger partial charge on any atom is 0.410 e. The molecule has 1 amide bonds. The smallest absolute Gasteiger partial charge is 0.410 e. The van der Waals surface area contributed by atoms with E-state index >= 15 is 0 Å². The van der Waals surface area contributed by atoms with Crippen LogP contribution in [0.25, 0.3) is 0 Å². The number of sulfone groups is 1. The Balaban J connectivity index is 1.72. The van der Waals surface area contributed by atoms with Gasteiger partial charge in [0.05, 0.1) is 11.1 Å². The van der Waals surface area contributed by atoms with Gasteiger partial charge in [0.2, 0.25) is 15.8 Å². The fourth-order valence-corrected chi connectivity index (χ4v) is 4.57. The summed E-state index contributed by atoms with van der Waals surface area (Å²) < 4.78 is 31.5. The summed E-state index contributed by atoms with van der Waals surface area (Å²) in [5.74, 6) is 0.535. The second-order valence-electron chi connectivity index (χ2n) is 9.10. The number of rotatable bonds is 4. The molecule has 1 fully saturated rings. The first-order chi connectivity index (χ1) is 14.9. The second kappa shape index (κ2) is 8.93. The first-order valence-corrected chi connectivity index (χ1v) is 12.1. The third kappa shape index (κ3) is 5.29. The molecule has 0 unspecified atom stereocenters. The minimum atomic E-state index is -3.83. The summed E-state index contributed by atoms with van der Waals surface area (Å²) in [5.41, 5.74) is 6.53. The molecule has 0 spiro atoms. The summed E-state index contributed by atoms with van der Waals surface area (Å²) in [6.45, 7) is 11.4. The van der Waals surface area contributed by atoms with Crippen LogP contribution in [0.3, 0.4) is 0 Å². The summed E-state index contributed by atoms with van der Waals surface area (Å²) in [5, 5.41) is 0. The van der Waals surface area contributed by atoms with Crippen LogP contribution in [-0.2, 0) is 14.6 Å². The molecule has 32 heavy (non-hydrogen) atoms. The molecule has 0 saturated carbocycles. The van der Waals surface area contributed by atoms with Gasteiger partial charge < -0.3 is 20.3 Å². The first kappa shape index (κ1) is 23.8. The molecular weight excluding hydrogens is 430 g/mol. The molecule has 1 aliphatic heterocycles.